The van der Waals surface area contributed by atoms with Gasteiger partial charge >= 0.3 is 7.90 Å². The summed E-state index contributed by atoms with van der Waals surface area (Å²) < 4.78 is 62.3. The van der Waals surface area contributed by atoms with Crippen molar-refractivity contribution in [2.75, 3.05) is 12.5 Å². The van der Waals surface area contributed by atoms with E-state index in [-0.39, 0.29) is 0 Å². The number of rotatable bonds is 2. The van der Waals surface area contributed by atoms with Crippen LogP contribution in [0.1, 0.15) is 0 Å². The van der Waals surface area contributed by atoms with Gasteiger partial charge in [-0.25, -0.2) is 16.8 Å². The van der Waals surface area contributed by atoms with Gasteiger partial charge in [-0.1, -0.05) is 0 Å². The van der Waals surface area contributed by atoms with Crippen LogP contribution in [0.25, 0.3) is 0 Å². The summed E-state index contributed by atoms with van der Waals surface area (Å²) in [6.45, 7) is 0. The van der Waals surface area contributed by atoms with Crippen LogP contribution in [0.3, 0.4) is 0 Å². The summed E-state index contributed by atoms with van der Waals surface area (Å²) in [4.78, 5) is 0. The zero-order valence-electron chi connectivity index (χ0n) is 5.67. The van der Waals surface area contributed by atoms with Crippen LogP contribution >= 0.6 is 0 Å². The third-order valence-electron chi connectivity index (χ3n) is 0.742. The Morgan fingerprint density at radius 1 is 0.636 bits per heavy atom. The van der Waals surface area contributed by atoms with Gasteiger partial charge in [0.1, 0.15) is 0 Å². The minimum absolute atomic E-state index is 0.323. The molecule has 0 heterocycles. The Hall–Kier alpha value is -0.150. The van der Waals surface area contributed by atoms with Crippen molar-refractivity contribution in [3.05, 3.63) is 0 Å². The van der Waals surface area contributed by atoms with Crippen LogP contribution in [-0.2, 0) is 25.6 Å². The molecule has 0 unspecified atom stereocenters. The molecule has 0 radical (unpaired) electrons. The Balaban J connectivity index is 5.92. The monoisotopic (exact) mass is 222 g/mol. The molecule has 0 aromatic heterocycles. The highest BCUT2D eigenvalue weighted by atomic mass is 33.6. The van der Waals surface area contributed by atoms with Crippen molar-refractivity contribution in [2.45, 2.75) is 0 Å². The standard InChI is InChI=1S/C2H6O6S3/c1-9(3,4)11(7,8)10(2,5)6/h1-2H3. The predicted octanol–water partition coefficient (Wildman–Crippen LogP) is -1.68. The first-order chi connectivity index (χ1) is 4.50. The molecule has 0 fully saturated rings. The number of hydrogen-bond donors (Lipinski definition) is 0. The molecule has 6 nitrogen and oxygen atoms in total. The van der Waals surface area contributed by atoms with E-state index in [4.69, 9.17) is 0 Å². The van der Waals surface area contributed by atoms with Crippen molar-refractivity contribution in [3.63, 3.8) is 0 Å². The molecule has 0 aromatic carbocycles. The van der Waals surface area contributed by atoms with Gasteiger partial charge in [0, 0.05) is 0 Å². The lowest BCUT2D eigenvalue weighted by molar-refractivity contribution is 0.582. The number of hydrogen-bond acceptors (Lipinski definition) is 6. The Kier molecular flexibility index (Phi) is 2.39. The van der Waals surface area contributed by atoms with Crippen molar-refractivity contribution in [1.82, 2.24) is 0 Å². The van der Waals surface area contributed by atoms with Gasteiger partial charge in [0.15, 0.2) is 0 Å². The molecular weight excluding hydrogens is 216 g/mol. The molecule has 0 saturated heterocycles. The van der Waals surface area contributed by atoms with Gasteiger partial charge in [0.25, 0.3) is 17.7 Å². The van der Waals surface area contributed by atoms with Crippen LogP contribution in [0.5, 0.6) is 0 Å². The maximum Gasteiger partial charge on any atom is 0.357 e. The van der Waals surface area contributed by atoms with Crippen molar-refractivity contribution >= 4 is 25.6 Å². The highest BCUT2D eigenvalue weighted by Gasteiger charge is 2.35. The van der Waals surface area contributed by atoms with Crippen LogP contribution in [0.2, 0.25) is 0 Å². The average molecular weight is 222 g/mol. The fraction of sp³-hybridized carbons (Fsp3) is 1.00. The molecule has 0 aliphatic heterocycles. The Bertz CT molecular complexity index is 394. The summed E-state index contributed by atoms with van der Waals surface area (Å²) in [5, 5.41) is 0. The zero-order chi connectivity index (χ0) is 9.50. The quantitative estimate of drug-likeness (QED) is 0.517. The van der Waals surface area contributed by atoms with E-state index >= 15 is 0 Å². The van der Waals surface area contributed by atoms with Crippen molar-refractivity contribution < 1.29 is 25.3 Å². The molecule has 9 heteroatoms. The van der Waals surface area contributed by atoms with E-state index in [1.165, 1.54) is 0 Å². The summed E-state index contributed by atoms with van der Waals surface area (Å²) in [6.07, 6.45) is 0.646. The molecule has 0 amide bonds. The molecule has 0 aliphatic rings. The second-order valence-corrected chi connectivity index (χ2v) is 12.3. The molecule has 0 aliphatic carbocycles. The molecule has 0 aromatic rings. The lowest BCUT2D eigenvalue weighted by atomic mass is 12.0. The molecule has 68 valence electrons. The van der Waals surface area contributed by atoms with Crippen LogP contribution in [0.4, 0.5) is 0 Å². The first-order valence-corrected chi connectivity index (χ1v) is 8.45. The first kappa shape index (κ1) is 10.8. The van der Waals surface area contributed by atoms with E-state index in [1.54, 1.807) is 0 Å². The van der Waals surface area contributed by atoms with E-state index in [0.717, 1.165) is 0 Å². The smallest absolute Gasteiger partial charge is 0.212 e. The summed E-state index contributed by atoms with van der Waals surface area (Å²) in [5.41, 5.74) is 0. The largest absolute Gasteiger partial charge is 0.357 e. The second-order valence-electron chi connectivity index (χ2n) is 1.82. The third kappa shape index (κ3) is 1.91. The van der Waals surface area contributed by atoms with E-state index in [0.29, 0.717) is 12.5 Å². The lowest BCUT2D eigenvalue weighted by Gasteiger charge is -1.95. The van der Waals surface area contributed by atoms with Crippen molar-refractivity contribution in [2.24, 2.45) is 0 Å². The molecular formula is C2H6O6S3. The zero-order valence-corrected chi connectivity index (χ0v) is 8.12. The van der Waals surface area contributed by atoms with E-state index in [2.05, 4.69) is 0 Å². The van der Waals surface area contributed by atoms with Gasteiger partial charge in [0.05, 0.1) is 12.5 Å². The molecule has 0 spiro atoms. The predicted molar refractivity (Wildman–Crippen MR) is 38.6 cm³/mol. The van der Waals surface area contributed by atoms with E-state index in [1.807, 2.05) is 0 Å². The van der Waals surface area contributed by atoms with E-state index < -0.39 is 25.6 Å². The molecule has 11 heavy (non-hydrogen) atoms. The average Bonchev–Trinajstić information content (AvgIpc) is 1.58. The minimum atomic E-state index is -5.07. The maximum absolute atomic E-state index is 10.5. The second kappa shape index (κ2) is 2.42. The third-order valence-corrected chi connectivity index (χ3v) is 11.1. The summed E-state index contributed by atoms with van der Waals surface area (Å²) in [6, 6.07) is 0. The van der Waals surface area contributed by atoms with Gasteiger partial charge in [-0.15, -0.1) is 0 Å². The summed E-state index contributed by atoms with van der Waals surface area (Å²) in [7, 11) is -14.2. The molecule has 0 N–H and O–H groups in total. The lowest BCUT2D eigenvalue weighted by Crippen LogP contribution is -2.22. The summed E-state index contributed by atoms with van der Waals surface area (Å²) >= 11 is 0. The fourth-order valence-corrected chi connectivity index (χ4v) is 6.06. The highest BCUT2D eigenvalue weighted by molar-refractivity contribution is 8.99. The van der Waals surface area contributed by atoms with Gasteiger partial charge in [-0.2, -0.15) is 8.42 Å². The normalized spacial score (nSPS) is 14.7. The SMILES string of the molecule is CS(=O)(=O)S(=O)(=O)S(C)(=O)=O. The summed E-state index contributed by atoms with van der Waals surface area (Å²) in [5.74, 6) is 0. The maximum atomic E-state index is 10.5. The molecule has 0 atom stereocenters. The van der Waals surface area contributed by atoms with Crippen LogP contribution < -0.4 is 0 Å². The van der Waals surface area contributed by atoms with Crippen molar-refractivity contribution in [1.29, 1.82) is 0 Å². The topological polar surface area (TPSA) is 102 Å². The Morgan fingerprint density at radius 3 is 0.818 bits per heavy atom. The van der Waals surface area contributed by atoms with Gasteiger partial charge in [-0.3, -0.25) is 0 Å². The van der Waals surface area contributed by atoms with Crippen LogP contribution in [0, 0.1) is 0 Å². The van der Waals surface area contributed by atoms with Gasteiger partial charge in [-0.05, 0) is 0 Å². The molecule has 0 bridgehead atoms. The fourth-order valence-electron chi connectivity index (χ4n) is 0.225. The Morgan fingerprint density at radius 2 is 0.818 bits per heavy atom. The van der Waals surface area contributed by atoms with Gasteiger partial charge in [0.2, 0.25) is 0 Å². The first-order valence-electron chi connectivity index (χ1n) is 2.15. The minimum Gasteiger partial charge on any atom is -0.212 e. The molecule has 0 rings (SSSR count). The van der Waals surface area contributed by atoms with Crippen LogP contribution in [0.15, 0.2) is 0 Å². The van der Waals surface area contributed by atoms with E-state index in [9.17, 15) is 25.3 Å². The Labute approximate surface area is 63.8 Å². The van der Waals surface area contributed by atoms with Crippen LogP contribution in [-0.4, -0.2) is 37.8 Å². The van der Waals surface area contributed by atoms with Crippen molar-refractivity contribution in [3.8, 4) is 0 Å². The highest BCUT2D eigenvalue weighted by Crippen LogP contribution is 2.07. The molecule has 0 saturated carbocycles. The van der Waals surface area contributed by atoms with Gasteiger partial charge < -0.3 is 0 Å².